The summed E-state index contributed by atoms with van der Waals surface area (Å²) in [5.74, 6) is -6.59. The molecule has 3 heterocycles. The molecule has 0 saturated heterocycles. The van der Waals surface area contributed by atoms with Crippen molar-refractivity contribution in [1.29, 1.82) is 0 Å². The average Bonchev–Trinajstić information content (AvgIpc) is 0.894. The van der Waals surface area contributed by atoms with Crippen molar-refractivity contribution in [2.24, 2.45) is 52.7 Å². The lowest BCUT2D eigenvalue weighted by molar-refractivity contribution is -0.121. The summed E-state index contributed by atoms with van der Waals surface area (Å²) in [5, 5.41) is 47.4. The first-order valence-electron chi connectivity index (χ1n) is 41.4. The molecule has 694 valence electrons. The molecule has 0 aromatic heterocycles. The maximum Gasteiger partial charge on any atom is 0.405 e. The van der Waals surface area contributed by atoms with Crippen molar-refractivity contribution in [1.82, 2.24) is 31.5 Å². The number of aliphatic hydroxyl groups excluding tert-OH is 3. The van der Waals surface area contributed by atoms with Gasteiger partial charge < -0.3 is 111 Å². The molecule has 6 rings (SSSR count). The fraction of sp³-hybridized carbons (Fsp3) is 0.522. The summed E-state index contributed by atoms with van der Waals surface area (Å²) in [7, 11) is 13.9. The molecule has 34 nitrogen and oxygen atoms in total. The van der Waals surface area contributed by atoms with Crippen molar-refractivity contribution in [2.45, 2.75) is 195 Å². The zero-order valence-corrected chi connectivity index (χ0v) is 76.2. The summed E-state index contributed by atoms with van der Waals surface area (Å²) in [6.07, 6.45) is 12.8. The van der Waals surface area contributed by atoms with Crippen LogP contribution >= 0.6 is 0 Å². The highest BCUT2D eigenvalue weighted by atomic mass is 16.6. The number of carbonyl (C=O) groups excluding carboxylic acids is 12. The van der Waals surface area contributed by atoms with E-state index in [1.165, 1.54) is 74.9 Å². The van der Waals surface area contributed by atoms with Crippen molar-refractivity contribution >= 4 is 70.7 Å². The fourth-order valence-corrected chi connectivity index (χ4v) is 14.9. The van der Waals surface area contributed by atoms with Gasteiger partial charge in [0.25, 0.3) is 17.7 Å². The van der Waals surface area contributed by atoms with Gasteiger partial charge in [-0.1, -0.05) is 121 Å². The van der Waals surface area contributed by atoms with E-state index in [9.17, 15) is 72.9 Å². The third kappa shape index (κ3) is 31.9. The standard InChI is InChI=1S/C32H48N4O8.C31H43N3O8.C29H40N2O9/c1-18-14-22-27(34-12-13-36(5)6)24(37)17-23(29(22)39)35-31(40)19(2)10-9-11-25(42-7)30(44-32(33)41)21(4)16-20(3)28(38)26(15-18)43-8;1-8-12-33-26-21-13-17(2)14-25(41-7)27(36)19(4)15-20(5)29(42-31(32)39)24(40-6)11-9-10-18(3)30(38)34-22(28(21)37)16-23(26)35;1-15-11-19-25(34)20(14-21(32)27(19)39-7)31-28(35)16(2)9-8-10-22(37-5)26(40-29(30)36)18(4)13-17(3)24(33)23(12-15)38-6/h9-11,16-18,20,25-26,28,30,34,38H,12-15H2,1-8H3,(H2,33,41)(H,35,40);8-11,15-17,19,24-25,27,29,33,36H,1,12-14H2,2-7H3,(H2,32,39)(H,34,38);8-10,13-15,17,22-24,26,33H,11-12H2,1-7H3,(H2,30,36)(H,31,35)/b11-9-,19-10+,21-16+;11-9-,18-10+,20-15+;10-8-,16-9+,18-13+/t18-,20+,25+,26+,28-,30+;17-,19+,24+,25+,27-,29+;15-,17+,22+,23+,24-,26+/m111/s1. The van der Waals surface area contributed by atoms with Crippen LogP contribution in [0.5, 0.6) is 0 Å². The molecule has 0 fully saturated rings. The van der Waals surface area contributed by atoms with Crippen LogP contribution < -0.4 is 43.8 Å². The SMILES string of the molecule is C=CCNC1=C2C[C@@H](C)C[C@H](OC)[C@H](O)[C@@H](C)/C=C(\C)[C@H](OC(N)=O)[C@@H](OC)/C=C\C=C(/C)C(=O)NC(=CC1=O)C2=O.COC1=C2C[C@@H](C)C[C@H](OC)[C@H](O)[C@@H](C)/C=C(\C)[C@H](OC(N)=O)[C@@H](OC)/C=C\C=C(/C)C(=O)NC(=CC1=O)C2=O.CO[C@H]1/C=C\C=C(/C)C(=O)NC2=CC(=O)C(NCCN(C)C)=C(C[C@@H](C)C[C@H](OC)[C@H](O)[C@@H](C)/C=C(\C)[C@@H]1OC(N)=O)C2=O. The summed E-state index contributed by atoms with van der Waals surface area (Å²) < 4.78 is 54.9. The minimum absolute atomic E-state index is 0.0801. The number of nitrogens with zero attached hydrogens (tertiary/aromatic N) is 1. The number of carbonyl (C=O) groups is 12. The minimum atomic E-state index is -1.00. The Morgan fingerprint density at radius 3 is 1.03 bits per heavy atom. The smallest absolute Gasteiger partial charge is 0.405 e. The van der Waals surface area contributed by atoms with Crippen LogP contribution in [0.4, 0.5) is 14.4 Å². The number of fused-ring (bicyclic) bond motifs is 6. The Morgan fingerprint density at radius 2 is 0.754 bits per heavy atom. The third-order valence-corrected chi connectivity index (χ3v) is 21.8. The summed E-state index contributed by atoms with van der Waals surface area (Å²) in [6, 6.07) is 0. The van der Waals surface area contributed by atoms with Crippen LogP contribution in [0, 0.1) is 35.5 Å². The number of hydrogen-bond acceptors (Lipinski definition) is 28. The predicted molar refractivity (Wildman–Crippen MR) is 470 cm³/mol. The zero-order chi connectivity index (χ0) is 94.8. The normalized spacial score (nSPS) is 31.7. The zero-order valence-electron chi connectivity index (χ0n) is 76.2. The number of hydrogen-bond donors (Lipinski definition) is 11. The van der Waals surface area contributed by atoms with Crippen LogP contribution in [-0.2, 0) is 90.5 Å². The van der Waals surface area contributed by atoms with Crippen LogP contribution in [0.1, 0.15) is 122 Å². The van der Waals surface area contributed by atoms with Gasteiger partial charge in [-0.15, -0.1) is 6.58 Å². The number of rotatable bonds is 17. The summed E-state index contributed by atoms with van der Waals surface area (Å²) >= 11 is 0. The van der Waals surface area contributed by atoms with Crippen LogP contribution in [0.25, 0.3) is 0 Å². The molecule has 0 saturated carbocycles. The summed E-state index contributed by atoms with van der Waals surface area (Å²) in [5.41, 5.74) is 19.1. The van der Waals surface area contributed by atoms with E-state index in [-0.39, 0.29) is 111 Å². The Bertz CT molecular complexity index is 4470. The van der Waals surface area contributed by atoms with Gasteiger partial charge in [-0.2, -0.15) is 0 Å². The molecule has 18 atom stereocenters. The molecule has 3 aliphatic heterocycles. The van der Waals surface area contributed by atoms with E-state index in [1.807, 2.05) is 46.7 Å². The highest BCUT2D eigenvalue weighted by Crippen LogP contribution is 2.34. The predicted octanol–water partition coefficient (Wildman–Crippen LogP) is 6.86. The lowest BCUT2D eigenvalue weighted by Gasteiger charge is -2.30. The van der Waals surface area contributed by atoms with Gasteiger partial charge in [-0.25, -0.2) is 14.4 Å². The molecule has 0 radical (unpaired) electrons. The number of amides is 6. The average molecular weight is 1760 g/mol. The maximum absolute atomic E-state index is 13.7. The van der Waals surface area contributed by atoms with Gasteiger partial charge in [-0.3, -0.25) is 43.2 Å². The highest BCUT2D eigenvalue weighted by molar-refractivity contribution is 6.25. The summed E-state index contributed by atoms with van der Waals surface area (Å²) in [4.78, 5) is 156. The van der Waals surface area contributed by atoms with E-state index in [0.29, 0.717) is 49.1 Å². The van der Waals surface area contributed by atoms with Crippen molar-refractivity contribution < 1.29 is 120 Å². The van der Waals surface area contributed by atoms with Gasteiger partial charge >= 0.3 is 18.3 Å². The molecule has 6 bridgehead atoms. The largest absolute Gasteiger partial charge is 0.492 e. The van der Waals surface area contributed by atoms with Crippen LogP contribution in [0.3, 0.4) is 0 Å². The molecule has 0 spiro atoms. The fourth-order valence-electron chi connectivity index (χ4n) is 14.9. The van der Waals surface area contributed by atoms with Crippen LogP contribution in [0.2, 0.25) is 0 Å². The number of allylic oxidation sites excluding steroid dienone is 12. The molecule has 0 unspecified atom stereocenters. The number of Topliss-reactive ketones (excluding diaryl/α,β-unsaturated/α-hetero) is 3. The Labute approximate surface area is 738 Å². The molecule has 6 amide bonds. The number of ketones is 6. The lowest BCUT2D eigenvalue weighted by atomic mass is 9.85. The number of likely N-dealkylation sites (N-methyl/N-ethyl adjacent to an activating group) is 1. The number of nitrogens with one attached hydrogen (secondary N) is 5. The second-order valence-corrected chi connectivity index (χ2v) is 32.4. The van der Waals surface area contributed by atoms with E-state index in [4.69, 9.17) is 64.6 Å². The first-order chi connectivity index (χ1) is 59.4. The lowest BCUT2D eigenvalue weighted by Crippen LogP contribution is -2.38. The van der Waals surface area contributed by atoms with Gasteiger partial charge in [0.15, 0.2) is 24.1 Å². The quantitative estimate of drug-likeness (QED) is 0.0402. The van der Waals surface area contributed by atoms with Gasteiger partial charge in [0.05, 0.1) is 72.2 Å². The molecule has 0 aromatic carbocycles. The van der Waals surface area contributed by atoms with E-state index < -0.39 is 162 Å². The number of primary amides is 3. The van der Waals surface area contributed by atoms with Crippen molar-refractivity contribution in [2.75, 3.05) is 83.5 Å². The molecule has 34 heteroatoms. The van der Waals surface area contributed by atoms with Gasteiger partial charge in [0, 0.05) is 132 Å². The Kier molecular flexibility index (Phi) is 44.5. The third-order valence-electron chi connectivity index (χ3n) is 21.8. The molecular formula is C92H131N9O25. The number of ether oxygens (including phenoxy) is 10. The highest BCUT2D eigenvalue weighted by Gasteiger charge is 2.39. The topological polar surface area (TPSA) is 499 Å². The van der Waals surface area contributed by atoms with Gasteiger partial charge in [0.1, 0.15) is 18.3 Å². The number of nitrogens with two attached hydrogens (primary N) is 3. The maximum atomic E-state index is 13.7. The molecule has 14 N–H and O–H groups in total. The van der Waals surface area contributed by atoms with E-state index in [1.54, 1.807) is 109 Å². The van der Waals surface area contributed by atoms with E-state index >= 15 is 0 Å². The number of methoxy groups -OCH3 is 7. The molecule has 6 aliphatic rings. The van der Waals surface area contributed by atoms with Gasteiger partial charge in [-0.05, 0) is 129 Å². The molecule has 0 aromatic rings. The summed E-state index contributed by atoms with van der Waals surface area (Å²) in [6.45, 7) is 25.9. The number of aliphatic hydroxyl groups is 3. The Morgan fingerprint density at radius 1 is 0.460 bits per heavy atom. The first kappa shape index (κ1) is 107. The van der Waals surface area contributed by atoms with Crippen molar-refractivity contribution in [3.05, 3.63) is 188 Å². The van der Waals surface area contributed by atoms with Crippen LogP contribution in [-0.4, -0.2) is 248 Å². The Hall–Kier alpha value is -10.9. The van der Waals surface area contributed by atoms with E-state index in [0.717, 1.165) is 18.2 Å². The van der Waals surface area contributed by atoms with Crippen molar-refractivity contribution in [3.8, 4) is 0 Å². The first-order valence-corrected chi connectivity index (χ1v) is 41.4. The van der Waals surface area contributed by atoms with Crippen LogP contribution in [0.15, 0.2) is 188 Å². The van der Waals surface area contributed by atoms with Gasteiger partial charge in [0.2, 0.25) is 34.7 Å². The molecule has 126 heavy (non-hydrogen) atoms. The second-order valence-electron chi connectivity index (χ2n) is 32.4. The Balaban J connectivity index is 0.000000397. The molecule has 3 aliphatic carbocycles. The minimum Gasteiger partial charge on any atom is -0.492 e. The second kappa shape index (κ2) is 52.3. The molecular weight excluding hydrogens is 1630 g/mol. The van der Waals surface area contributed by atoms with E-state index in [2.05, 4.69) is 33.2 Å². The van der Waals surface area contributed by atoms with Crippen molar-refractivity contribution in [3.63, 3.8) is 0 Å². The monoisotopic (exact) mass is 1760 g/mol.